The summed E-state index contributed by atoms with van der Waals surface area (Å²) in [4.78, 5) is 10.2. The van der Waals surface area contributed by atoms with E-state index in [0.29, 0.717) is 0 Å². The van der Waals surface area contributed by atoms with Crippen LogP contribution in [0, 0.1) is 10.1 Å². The summed E-state index contributed by atoms with van der Waals surface area (Å²) in [6, 6.07) is 6.48. The summed E-state index contributed by atoms with van der Waals surface area (Å²) in [5.74, 6) is 0. The summed E-state index contributed by atoms with van der Waals surface area (Å²) in [7, 11) is 1.98. The zero-order chi connectivity index (χ0) is 14.8. The molecule has 2 rings (SSSR count). The first kappa shape index (κ1) is 17.0. The number of hydrogen-bond donors (Lipinski definition) is 1. The first-order valence-electron chi connectivity index (χ1n) is 6.39. The van der Waals surface area contributed by atoms with Gasteiger partial charge in [-0.15, -0.1) is 0 Å². The van der Waals surface area contributed by atoms with Crippen LogP contribution in [0.2, 0.25) is 0 Å². The minimum absolute atomic E-state index is 0. The third-order valence-corrected chi connectivity index (χ3v) is 2.96. The molecule has 6 nitrogen and oxygen atoms in total. The topological polar surface area (TPSA) is 64.0 Å². The second-order valence-electron chi connectivity index (χ2n) is 5.56. The van der Waals surface area contributed by atoms with Gasteiger partial charge in [0.2, 0.25) is 6.33 Å². The van der Waals surface area contributed by atoms with Crippen LogP contribution >= 0.6 is 0 Å². The minimum Gasteiger partial charge on any atom is -1.00 e. The highest BCUT2D eigenvalue weighted by atomic mass is 35.5. The van der Waals surface area contributed by atoms with Crippen LogP contribution in [0.1, 0.15) is 13.8 Å². The first-order chi connectivity index (χ1) is 9.35. The van der Waals surface area contributed by atoms with Gasteiger partial charge in [-0.2, -0.15) is 0 Å². The van der Waals surface area contributed by atoms with E-state index in [-0.39, 0.29) is 23.6 Å². The number of halogens is 1. The molecule has 0 fully saturated rings. The SMILES string of the molecule is C[n+]1ccn(CC(C)(C)Nc2ccc([N+](=O)[O-])cc2)c1.[Cl-]. The lowest BCUT2D eigenvalue weighted by atomic mass is 10.0. The van der Waals surface area contributed by atoms with Crippen LogP contribution in [0.15, 0.2) is 43.0 Å². The predicted molar refractivity (Wildman–Crippen MR) is 76.4 cm³/mol. The third-order valence-electron chi connectivity index (χ3n) is 2.96. The summed E-state index contributed by atoms with van der Waals surface area (Å²) in [6.07, 6.45) is 6.01. The summed E-state index contributed by atoms with van der Waals surface area (Å²) < 4.78 is 4.08. The molecule has 0 atom stereocenters. The monoisotopic (exact) mass is 310 g/mol. The molecule has 0 radical (unpaired) electrons. The van der Waals surface area contributed by atoms with E-state index < -0.39 is 4.92 Å². The number of anilines is 1. The van der Waals surface area contributed by atoms with E-state index in [1.165, 1.54) is 12.1 Å². The normalized spacial score (nSPS) is 10.8. The van der Waals surface area contributed by atoms with Crippen molar-refractivity contribution >= 4 is 11.4 Å². The molecule has 0 aliphatic rings. The van der Waals surface area contributed by atoms with Crippen LogP contribution in [0.3, 0.4) is 0 Å². The maximum atomic E-state index is 10.6. The number of nitrogens with one attached hydrogen (secondary N) is 1. The molecule has 0 saturated carbocycles. The molecular weight excluding hydrogens is 292 g/mol. The second kappa shape index (κ2) is 6.58. The first-order valence-corrected chi connectivity index (χ1v) is 6.39. The lowest BCUT2D eigenvalue weighted by Gasteiger charge is -2.25. The maximum Gasteiger partial charge on any atom is 0.269 e. The summed E-state index contributed by atoms with van der Waals surface area (Å²) >= 11 is 0. The molecule has 114 valence electrons. The number of imidazole rings is 1. The Kier molecular flexibility index (Phi) is 5.32. The molecule has 7 heteroatoms. The van der Waals surface area contributed by atoms with Crippen molar-refractivity contribution in [1.29, 1.82) is 0 Å². The van der Waals surface area contributed by atoms with Gasteiger partial charge in [-0.25, -0.2) is 9.13 Å². The Morgan fingerprint density at radius 2 is 1.95 bits per heavy atom. The third kappa shape index (κ3) is 4.75. The number of hydrogen-bond acceptors (Lipinski definition) is 3. The van der Waals surface area contributed by atoms with Gasteiger partial charge in [0.1, 0.15) is 18.9 Å². The van der Waals surface area contributed by atoms with Gasteiger partial charge >= 0.3 is 0 Å². The largest absolute Gasteiger partial charge is 1.00 e. The van der Waals surface area contributed by atoms with Gasteiger partial charge in [0.05, 0.1) is 17.5 Å². The molecule has 1 aromatic heterocycles. The highest BCUT2D eigenvalue weighted by molar-refractivity contribution is 5.49. The molecule has 2 aromatic rings. The van der Waals surface area contributed by atoms with Crippen molar-refractivity contribution in [3.8, 4) is 0 Å². The van der Waals surface area contributed by atoms with E-state index in [4.69, 9.17) is 0 Å². The van der Waals surface area contributed by atoms with E-state index in [2.05, 4.69) is 23.7 Å². The number of nitro groups is 1. The molecule has 21 heavy (non-hydrogen) atoms. The average Bonchev–Trinajstić information content (AvgIpc) is 2.73. The van der Waals surface area contributed by atoms with Crippen molar-refractivity contribution in [2.24, 2.45) is 7.05 Å². The van der Waals surface area contributed by atoms with Crippen LogP contribution in [0.5, 0.6) is 0 Å². The fourth-order valence-corrected chi connectivity index (χ4v) is 2.15. The van der Waals surface area contributed by atoms with Gasteiger partial charge in [-0.05, 0) is 26.0 Å². The Morgan fingerprint density at radius 3 is 2.43 bits per heavy atom. The molecule has 0 unspecified atom stereocenters. The predicted octanol–water partition coefficient (Wildman–Crippen LogP) is -0.884. The summed E-state index contributed by atoms with van der Waals surface area (Å²) in [5.41, 5.74) is 0.810. The number of rotatable bonds is 5. The van der Waals surface area contributed by atoms with Gasteiger partial charge in [0, 0.05) is 17.8 Å². The molecule has 0 bridgehead atoms. The fraction of sp³-hybridized carbons (Fsp3) is 0.357. The Labute approximate surface area is 130 Å². The van der Waals surface area contributed by atoms with Crippen molar-refractivity contribution in [2.45, 2.75) is 25.9 Å². The molecule has 1 aromatic carbocycles. The number of nitro benzene ring substituents is 1. The van der Waals surface area contributed by atoms with E-state index >= 15 is 0 Å². The van der Waals surface area contributed by atoms with Crippen LogP contribution in [-0.4, -0.2) is 15.0 Å². The number of benzene rings is 1. The van der Waals surface area contributed by atoms with Gasteiger partial charge in [-0.3, -0.25) is 10.1 Å². The summed E-state index contributed by atoms with van der Waals surface area (Å²) in [6.45, 7) is 4.98. The lowest BCUT2D eigenvalue weighted by Crippen LogP contribution is -3.00. The van der Waals surface area contributed by atoms with E-state index in [9.17, 15) is 10.1 Å². The summed E-state index contributed by atoms with van der Waals surface area (Å²) in [5, 5.41) is 14.0. The Hall–Kier alpha value is -2.08. The van der Waals surface area contributed by atoms with Crippen LogP contribution < -0.4 is 22.3 Å². The molecule has 1 heterocycles. The van der Waals surface area contributed by atoms with Crippen molar-refractivity contribution in [3.05, 3.63) is 53.1 Å². The number of nitrogens with zero attached hydrogens (tertiary/aromatic N) is 3. The number of aromatic nitrogens is 2. The van der Waals surface area contributed by atoms with Crippen LogP contribution in [-0.2, 0) is 13.6 Å². The Morgan fingerprint density at radius 1 is 1.33 bits per heavy atom. The number of non-ortho nitro benzene ring substituents is 1. The molecule has 1 N–H and O–H groups in total. The fourth-order valence-electron chi connectivity index (χ4n) is 2.15. The Balaban J connectivity index is 0.00000220. The highest BCUT2D eigenvalue weighted by Gasteiger charge is 2.21. The Bertz CT molecular complexity index is 608. The molecule has 0 amide bonds. The van der Waals surface area contributed by atoms with Gasteiger partial charge in [0.25, 0.3) is 5.69 Å². The van der Waals surface area contributed by atoms with Crippen molar-refractivity contribution in [1.82, 2.24) is 4.57 Å². The molecule has 0 spiro atoms. The van der Waals surface area contributed by atoms with E-state index in [1.54, 1.807) is 12.1 Å². The zero-order valence-electron chi connectivity index (χ0n) is 12.3. The molecular formula is C14H19ClN4O2. The quantitative estimate of drug-likeness (QED) is 0.443. The average molecular weight is 311 g/mol. The molecule has 0 aliphatic carbocycles. The van der Waals surface area contributed by atoms with Crippen molar-refractivity contribution in [3.63, 3.8) is 0 Å². The van der Waals surface area contributed by atoms with E-state index in [0.717, 1.165) is 12.2 Å². The second-order valence-corrected chi connectivity index (χ2v) is 5.56. The molecule has 0 aliphatic heterocycles. The van der Waals surface area contributed by atoms with Crippen LogP contribution in [0.25, 0.3) is 0 Å². The lowest BCUT2D eigenvalue weighted by molar-refractivity contribution is -0.671. The van der Waals surface area contributed by atoms with E-state index in [1.807, 2.05) is 30.3 Å². The van der Waals surface area contributed by atoms with Gasteiger partial charge in [0.15, 0.2) is 0 Å². The standard InChI is InChI=1S/C14H19N4O2.ClH/c1-14(2,10-17-9-8-16(3)11-17)15-12-4-6-13(7-5-12)18(19)20;/h4-9,11,15H,10H2,1-3H3;1H/q+1;/p-1. The van der Waals surface area contributed by atoms with Crippen molar-refractivity contribution in [2.75, 3.05) is 5.32 Å². The minimum atomic E-state index is -0.394. The molecule has 0 saturated heterocycles. The smallest absolute Gasteiger partial charge is 0.269 e. The number of aryl methyl sites for hydroxylation is 1. The van der Waals surface area contributed by atoms with Gasteiger partial charge < -0.3 is 17.7 Å². The zero-order valence-corrected chi connectivity index (χ0v) is 13.0. The maximum absolute atomic E-state index is 10.6. The van der Waals surface area contributed by atoms with Crippen LogP contribution in [0.4, 0.5) is 11.4 Å². The highest BCUT2D eigenvalue weighted by Crippen LogP contribution is 2.20. The van der Waals surface area contributed by atoms with Gasteiger partial charge in [-0.1, -0.05) is 0 Å². The van der Waals surface area contributed by atoms with Crippen molar-refractivity contribution < 1.29 is 21.9 Å².